The van der Waals surface area contributed by atoms with Crippen molar-refractivity contribution in [2.45, 2.75) is 19.9 Å². The van der Waals surface area contributed by atoms with E-state index in [1.807, 2.05) is 24.3 Å². The van der Waals surface area contributed by atoms with Crippen molar-refractivity contribution in [3.63, 3.8) is 0 Å². The molecule has 31 heavy (non-hydrogen) atoms. The molecule has 0 unspecified atom stereocenters. The Hall–Kier alpha value is -3.32. The largest absolute Gasteiger partial charge is 0.464 e. The predicted octanol–water partition coefficient (Wildman–Crippen LogP) is 3.41. The Bertz CT molecular complexity index is 1110. The van der Waals surface area contributed by atoms with Gasteiger partial charge in [-0.25, -0.2) is 4.79 Å². The van der Waals surface area contributed by atoms with Gasteiger partial charge in [-0.15, -0.1) is 0 Å². The molecule has 0 saturated carbocycles. The molecule has 1 saturated heterocycles. The number of amides is 1. The summed E-state index contributed by atoms with van der Waals surface area (Å²) in [5, 5.41) is 3.72. The maximum Gasteiger partial charge on any atom is 0.356 e. The average molecular weight is 421 g/mol. The highest BCUT2D eigenvalue weighted by molar-refractivity contribution is 6.11. The van der Waals surface area contributed by atoms with Gasteiger partial charge in [-0.2, -0.15) is 0 Å². The van der Waals surface area contributed by atoms with Crippen molar-refractivity contribution in [2.75, 3.05) is 43.5 Å². The number of benzene rings is 2. The van der Waals surface area contributed by atoms with Gasteiger partial charge in [0.2, 0.25) is 5.91 Å². The quantitative estimate of drug-likeness (QED) is 0.619. The van der Waals surface area contributed by atoms with E-state index in [0.29, 0.717) is 11.7 Å². The second kappa shape index (κ2) is 8.81. The molecular formula is C24H28N4O3. The van der Waals surface area contributed by atoms with Crippen LogP contribution in [-0.4, -0.2) is 61.1 Å². The number of piperazine rings is 1. The van der Waals surface area contributed by atoms with Crippen LogP contribution in [0.15, 0.2) is 48.5 Å². The number of esters is 1. The van der Waals surface area contributed by atoms with Crippen LogP contribution in [0, 0.1) is 6.92 Å². The molecule has 1 aliphatic heterocycles. The Morgan fingerprint density at radius 1 is 1.16 bits per heavy atom. The van der Waals surface area contributed by atoms with Gasteiger partial charge in [0.05, 0.1) is 19.3 Å². The van der Waals surface area contributed by atoms with Gasteiger partial charge in [-0.05, 0) is 37.6 Å². The zero-order chi connectivity index (χ0) is 22.0. The first-order valence-electron chi connectivity index (χ1n) is 10.5. The molecule has 2 heterocycles. The fourth-order valence-corrected chi connectivity index (χ4v) is 4.28. The van der Waals surface area contributed by atoms with Gasteiger partial charge in [-0.3, -0.25) is 9.69 Å². The van der Waals surface area contributed by atoms with Crippen molar-refractivity contribution in [3.8, 4) is 0 Å². The molecule has 1 amide bonds. The number of hydrogen-bond donors (Lipinski definition) is 2. The van der Waals surface area contributed by atoms with Crippen LogP contribution in [-0.2, 0) is 9.53 Å². The first-order chi connectivity index (χ1) is 15.0. The molecule has 162 valence electrons. The second-order valence-corrected chi connectivity index (χ2v) is 8.08. The highest BCUT2D eigenvalue weighted by Gasteiger charge is 2.26. The lowest BCUT2D eigenvalue weighted by Gasteiger charge is -2.41. The van der Waals surface area contributed by atoms with E-state index in [0.717, 1.165) is 30.5 Å². The zero-order valence-corrected chi connectivity index (χ0v) is 18.1. The molecule has 1 aliphatic rings. The van der Waals surface area contributed by atoms with Crippen LogP contribution in [0.1, 0.15) is 23.0 Å². The third-order valence-electron chi connectivity index (χ3n) is 5.77. The maximum atomic E-state index is 12.9. The number of nitrogens with zero attached hydrogens (tertiary/aromatic N) is 2. The monoisotopic (exact) mass is 420 g/mol. The number of carbonyl (C=O) groups is 2. The Morgan fingerprint density at radius 3 is 2.71 bits per heavy atom. The van der Waals surface area contributed by atoms with E-state index in [-0.39, 0.29) is 18.1 Å². The van der Waals surface area contributed by atoms with Crippen LogP contribution in [0.3, 0.4) is 0 Å². The minimum atomic E-state index is -0.508. The van der Waals surface area contributed by atoms with Gasteiger partial charge in [0.15, 0.2) is 0 Å². The summed E-state index contributed by atoms with van der Waals surface area (Å²) in [6, 6.07) is 16.3. The van der Waals surface area contributed by atoms with Crippen LogP contribution in [0.2, 0.25) is 0 Å². The lowest BCUT2D eigenvalue weighted by Crippen LogP contribution is -2.53. The summed E-state index contributed by atoms with van der Waals surface area (Å²) in [5.74, 6) is -0.655. The predicted molar refractivity (Wildman–Crippen MR) is 123 cm³/mol. The normalized spacial score (nSPS) is 17.0. The van der Waals surface area contributed by atoms with Crippen molar-refractivity contribution in [2.24, 2.45) is 0 Å². The first-order valence-corrected chi connectivity index (χ1v) is 10.5. The van der Waals surface area contributed by atoms with Gasteiger partial charge < -0.3 is 19.9 Å². The van der Waals surface area contributed by atoms with Crippen molar-refractivity contribution in [1.29, 1.82) is 0 Å². The number of aromatic nitrogens is 1. The van der Waals surface area contributed by atoms with Crippen LogP contribution in [0.5, 0.6) is 0 Å². The number of para-hydroxylation sites is 1. The highest BCUT2D eigenvalue weighted by atomic mass is 16.5. The summed E-state index contributed by atoms with van der Waals surface area (Å²) in [4.78, 5) is 32.6. The molecule has 0 radical (unpaired) electrons. The number of ether oxygens (including phenoxy) is 1. The summed E-state index contributed by atoms with van der Waals surface area (Å²) in [5.41, 5.74) is 3.97. The number of aromatic amines is 1. The first kappa shape index (κ1) is 20.9. The van der Waals surface area contributed by atoms with Crippen molar-refractivity contribution >= 4 is 34.2 Å². The van der Waals surface area contributed by atoms with E-state index in [1.54, 1.807) is 0 Å². The van der Waals surface area contributed by atoms with E-state index in [9.17, 15) is 9.59 Å². The number of anilines is 2. The number of fused-ring (bicyclic) bond motifs is 1. The van der Waals surface area contributed by atoms with Crippen molar-refractivity contribution in [3.05, 3.63) is 59.8 Å². The SMILES string of the molecule is COC(=O)c1[nH]c2ccccc2c1NC(=O)CN1CCN(c2cccc(C)c2)[C@@H](C)C1. The van der Waals surface area contributed by atoms with E-state index in [1.165, 1.54) is 18.4 Å². The fourth-order valence-electron chi connectivity index (χ4n) is 4.28. The second-order valence-electron chi connectivity index (χ2n) is 8.08. The van der Waals surface area contributed by atoms with Gasteiger partial charge in [0, 0.05) is 42.3 Å². The lowest BCUT2D eigenvalue weighted by atomic mass is 10.1. The number of H-pyrrole nitrogens is 1. The van der Waals surface area contributed by atoms with Gasteiger partial charge in [-0.1, -0.05) is 30.3 Å². The van der Waals surface area contributed by atoms with Gasteiger partial charge in [0.1, 0.15) is 5.69 Å². The summed E-state index contributed by atoms with van der Waals surface area (Å²) in [6.45, 7) is 7.00. The molecule has 7 nitrogen and oxygen atoms in total. The molecule has 3 aromatic rings. The molecule has 0 aliphatic carbocycles. The van der Waals surface area contributed by atoms with E-state index >= 15 is 0 Å². The summed E-state index contributed by atoms with van der Waals surface area (Å²) in [7, 11) is 1.33. The van der Waals surface area contributed by atoms with E-state index in [4.69, 9.17) is 4.74 Å². The third-order valence-corrected chi connectivity index (χ3v) is 5.77. The van der Waals surface area contributed by atoms with Crippen LogP contribution < -0.4 is 10.2 Å². The number of nitrogens with one attached hydrogen (secondary N) is 2. The third kappa shape index (κ3) is 4.41. The Labute approximate surface area is 182 Å². The zero-order valence-electron chi connectivity index (χ0n) is 18.1. The molecule has 0 bridgehead atoms. The Morgan fingerprint density at radius 2 is 1.97 bits per heavy atom. The van der Waals surface area contributed by atoms with Crippen LogP contribution in [0.25, 0.3) is 10.9 Å². The molecule has 1 atom stereocenters. The van der Waals surface area contributed by atoms with E-state index < -0.39 is 5.97 Å². The minimum absolute atomic E-state index is 0.147. The molecule has 4 rings (SSSR count). The lowest BCUT2D eigenvalue weighted by molar-refractivity contribution is -0.117. The molecule has 1 aromatic heterocycles. The molecule has 0 spiro atoms. The van der Waals surface area contributed by atoms with Crippen molar-refractivity contribution < 1.29 is 14.3 Å². The summed E-state index contributed by atoms with van der Waals surface area (Å²) in [6.07, 6.45) is 0. The topological polar surface area (TPSA) is 77.7 Å². The molecule has 2 aromatic carbocycles. The van der Waals surface area contributed by atoms with E-state index in [2.05, 4.69) is 58.2 Å². The van der Waals surface area contributed by atoms with Crippen LogP contribution >= 0.6 is 0 Å². The van der Waals surface area contributed by atoms with Gasteiger partial charge in [0.25, 0.3) is 0 Å². The number of rotatable bonds is 5. The molecule has 1 fully saturated rings. The highest BCUT2D eigenvalue weighted by Crippen LogP contribution is 2.28. The summed E-state index contributed by atoms with van der Waals surface area (Å²) < 4.78 is 4.88. The number of methoxy groups -OCH3 is 1. The molecule has 2 N–H and O–H groups in total. The van der Waals surface area contributed by atoms with Crippen LogP contribution in [0.4, 0.5) is 11.4 Å². The fraction of sp³-hybridized carbons (Fsp3) is 0.333. The number of aryl methyl sites for hydroxylation is 1. The molecule has 7 heteroatoms. The maximum absolute atomic E-state index is 12.9. The Kier molecular flexibility index (Phi) is 5.95. The van der Waals surface area contributed by atoms with Gasteiger partial charge >= 0.3 is 5.97 Å². The summed E-state index contributed by atoms with van der Waals surface area (Å²) >= 11 is 0. The Balaban J connectivity index is 1.44. The number of carbonyl (C=O) groups excluding carboxylic acids is 2. The minimum Gasteiger partial charge on any atom is -0.464 e. The van der Waals surface area contributed by atoms with Crippen molar-refractivity contribution in [1.82, 2.24) is 9.88 Å². The smallest absolute Gasteiger partial charge is 0.356 e. The molecular weight excluding hydrogens is 392 g/mol. The standard InChI is InChI=1S/C24H28N4O3/c1-16-7-6-8-18(13-16)28-12-11-27(14-17(28)2)15-21(29)26-22-19-9-4-5-10-20(19)25-23(22)24(30)31-3/h4-10,13,17,25H,11-12,14-15H2,1-3H3,(H,26,29)/t17-/m0/s1. The average Bonchev–Trinajstić information content (AvgIpc) is 3.11. The number of hydrogen-bond acceptors (Lipinski definition) is 5.